The van der Waals surface area contributed by atoms with Crippen LogP contribution in [-0.2, 0) is 0 Å². The summed E-state index contributed by atoms with van der Waals surface area (Å²) >= 11 is 0. The zero-order chi connectivity index (χ0) is 33.2. The number of esters is 2. The molecule has 0 saturated heterocycles. The van der Waals surface area contributed by atoms with Gasteiger partial charge in [-0.3, -0.25) is 0 Å². The molecule has 4 aromatic rings. The number of rotatable bonds is 14. The molecule has 4 rings (SSSR count). The molecule has 0 saturated carbocycles. The normalized spacial score (nSPS) is 10.8. The second kappa shape index (κ2) is 15.9. The molecule has 0 fully saturated rings. The molecule has 2 N–H and O–H groups in total. The van der Waals surface area contributed by atoms with Crippen LogP contribution in [0, 0.1) is 30.2 Å². The number of ether oxygens (including phenoxy) is 4. The Morgan fingerprint density at radius 3 is 1.72 bits per heavy atom. The lowest BCUT2D eigenvalue weighted by Crippen LogP contribution is -2.17. The van der Waals surface area contributed by atoms with E-state index in [2.05, 4.69) is 6.92 Å². The molecule has 0 heterocycles. The van der Waals surface area contributed by atoms with Gasteiger partial charge in [0.15, 0.2) is 23.3 Å². The zero-order valence-electron chi connectivity index (χ0n) is 25.3. The first kappa shape index (κ1) is 34.0. The number of benzene rings is 4. The lowest BCUT2D eigenvalue weighted by Gasteiger charge is -2.14. The van der Waals surface area contributed by atoms with Crippen molar-refractivity contribution in [2.45, 2.75) is 39.5 Å². The second-order valence-electron chi connectivity index (χ2n) is 10.3. The summed E-state index contributed by atoms with van der Waals surface area (Å²) in [6.45, 7) is 4.26. The van der Waals surface area contributed by atoms with E-state index in [0.717, 1.165) is 26.2 Å². The number of carbonyl (C=O) groups is 2. The fourth-order valence-electron chi connectivity index (χ4n) is 4.36. The maximum absolute atomic E-state index is 14.2. The standard InChI is InChI=1S/C35H33F4NO6/c1-3-4-5-18-43-26-15-16-27(28(20-26)44-19-6-17-40)34(41)45-24-11-7-22(8-12-24)23-9-13-25(14-10-23)46-35(42)29-32(38)30(36)21(2)31(37)33(29)39/h7-16,20H,3-6,17-19,40H2,1-2H3. The van der Waals surface area contributed by atoms with E-state index in [1.54, 1.807) is 54.6 Å². The van der Waals surface area contributed by atoms with Crippen molar-refractivity contribution in [2.75, 3.05) is 19.8 Å². The van der Waals surface area contributed by atoms with Crippen LogP contribution in [0.1, 0.15) is 58.9 Å². The number of hydrogen-bond acceptors (Lipinski definition) is 7. The average Bonchev–Trinajstić information content (AvgIpc) is 3.06. The van der Waals surface area contributed by atoms with E-state index in [1.165, 1.54) is 12.1 Å². The molecule has 0 radical (unpaired) electrons. The van der Waals surface area contributed by atoms with Crippen molar-refractivity contribution in [3.8, 4) is 34.1 Å². The lowest BCUT2D eigenvalue weighted by atomic mass is 10.1. The highest BCUT2D eigenvalue weighted by atomic mass is 19.2. The molecule has 11 heteroatoms. The number of nitrogens with two attached hydrogens (primary N) is 1. The van der Waals surface area contributed by atoms with Crippen LogP contribution >= 0.6 is 0 Å². The van der Waals surface area contributed by atoms with Crippen molar-refractivity contribution >= 4 is 11.9 Å². The maximum atomic E-state index is 14.2. The Kier molecular flexibility index (Phi) is 11.7. The predicted octanol–water partition coefficient (Wildman–Crippen LogP) is 7.95. The van der Waals surface area contributed by atoms with Crippen LogP contribution in [0.5, 0.6) is 23.0 Å². The minimum atomic E-state index is -1.84. The molecular formula is C35H33F4NO6. The Balaban J connectivity index is 1.42. The molecule has 7 nitrogen and oxygen atoms in total. The summed E-state index contributed by atoms with van der Waals surface area (Å²) in [5.74, 6) is -8.16. The Morgan fingerprint density at radius 1 is 0.652 bits per heavy atom. The third kappa shape index (κ3) is 8.22. The van der Waals surface area contributed by atoms with Gasteiger partial charge in [0, 0.05) is 11.6 Å². The Morgan fingerprint density at radius 2 is 1.17 bits per heavy atom. The van der Waals surface area contributed by atoms with Crippen molar-refractivity contribution < 1.29 is 46.1 Å². The molecular weight excluding hydrogens is 606 g/mol. The molecule has 4 aromatic carbocycles. The molecule has 0 unspecified atom stereocenters. The van der Waals surface area contributed by atoms with Crippen molar-refractivity contribution in [2.24, 2.45) is 5.73 Å². The van der Waals surface area contributed by atoms with Crippen LogP contribution < -0.4 is 24.7 Å². The van der Waals surface area contributed by atoms with Crippen molar-refractivity contribution in [3.63, 3.8) is 0 Å². The molecule has 0 aliphatic heterocycles. The van der Waals surface area contributed by atoms with E-state index in [9.17, 15) is 27.2 Å². The summed E-state index contributed by atoms with van der Waals surface area (Å²) in [6, 6.07) is 17.3. The van der Waals surface area contributed by atoms with Gasteiger partial charge >= 0.3 is 11.9 Å². The van der Waals surface area contributed by atoms with Crippen LogP contribution in [0.4, 0.5) is 17.6 Å². The van der Waals surface area contributed by atoms with E-state index in [-0.39, 0.29) is 17.1 Å². The van der Waals surface area contributed by atoms with Gasteiger partial charge in [-0.05, 0) is 73.8 Å². The predicted molar refractivity (Wildman–Crippen MR) is 163 cm³/mol. The van der Waals surface area contributed by atoms with Gasteiger partial charge in [0.05, 0.1) is 13.2 Å². The summed E-state index contributed by atoms with van der Waals surface area (Å²) < 4.78 is 78.2. The highest BCUT2D eigenvalue weighted by Gasteiger charge is 2.29. The molecule has 0 aromatic heterocycles. The smallest absolute Gasteiger partial charge is 0.349 e. The Labute approximate surface area is 263 Å². The van der Waals surface area contributed by atoms with E-state index in [4.69, 9.17) is 24.7 Å². The first-order chi connectivity index (χ1) is 22.1. The number of carbonyl (C=O) groups excluding carboxylic acids is 2. The first-order valence-electron chi connectivity index (χ1n) is 14.7. The van der Waals surface area contributed by atoms with Crippen LogP contribution in [0.3, 0.4) is 0 Å². The summed E-state index contributed by atoms with van der Waals surface area (Å²) in [7, 11) is 0. The minimum Gasteiger partial charge on any atom is -0.493 e. The quantitative estimate of drug-likeness (QED) is 0.0492. The van der Waals surface area contributed by atoms with Crippen LogP contribution in [-0.4, -0.2) is 31.7 Å². The molecule has 0 spiro atoms. The fraction of sp³-hybridized carbons (Fsp3) is 0.257. The van der Waals surface area contributed by atoms with Crippen LogP contribution in [0.2, 0.25) is 0 Å². The summed E-state index contributed by atoms with van der Waals surface area (Å²) in [5.41, 5.74) is 4.82. The van der Waals surface area contributed by atoms with Gasteiger partial charge < -0.3 is 24.7 Å². The van der Waals surface area contributed by atoms with Crippen molar-refractivity contribution in [1.82, 2.24) is 0 Å². The number of halogens is 4. The molecule has 0 aliphatic rings. The second-order valence-corrected chi connectivity index (χ2v) is 10.3. The van der Waals surface area contributed by atoms with Gasteiger partial charge in [0.2, 0.25) is 0 Å². The van der Waals surface area contributed by atoms with E-state index >= 15 is 0 Å². The molecule has 0 amide bonds. The van der Waals surface area contributed by atoms with Gasteiger partial charge in [-0.1, -0.05) is 44.0 Å². The Bertz CT molecular complexity index is 1650. The van der Waals surface area contributed by atoms with E-state index < -0.39 is 46.3 Å². The topological polar surface area (TPSA) is 97.1 Å². The fourth-order valence-corrected chi connectivity index (χ4v) is 4.36. The van der Waals surface area contributed by atoms with Crippen molar-refractivity contribution in [1.29, 1.82) is 0 Å². The minimum absolute atomic E-state index is 0.110. The molecule has 0 atom stereocenters. The summed E-state index contributed by atoms with van der Waals surface area (Å²) in [5, 5.41) is 0. The third-order valence-corrected chi connectivity index (χ3v) is 6.95. The lowest BCUT2D eigenvalue weighted by molar-refractivity contribution is 0.0715. The van der Waals surface area contributed by atoms with E-state index in [0.29, 0.717) is 48.8 Å². The maximum Gasteiger partial charge on any atom is 0.349 e. The molecule has 46 heavy (non-hydrogen) atoms. The summed E-state index contributed by atoms with van der Waals surface area (Å²) in [6.07, 6.45) is 3.64. The molecule has 242 valence electrons. The molecule has 0 bridgehead atoms. The van der Waals surface area contributed by atoms with Gasteiger partial charge in [0.25, 0.3) is 0 Å². The van der Waals surface area contributed by atoms with Crippen LogP contribution in [0.25, 0.3) is 11.1 Å². The monoisotopic (exact) mass is 639 g/mol. The van der Waals surface area contributed by atoms with Crippen LogP contribution in [0.15, 0.2) is 66.7 Å². The number of unbranched alkanes of at least 4 members (excludes halogenated alkanes) is 2. The zero-order valence-corrected chi connectivity index (χ0v) is 25.3. The van der Waals surface area contributed by atoms with E-state index in [1.807, 2.05) is 0 Å². The number of hydrogen-bond donors (Lipinski definition) is 1. The first-order valence-corrected chi connectivity index (χ1v) is 14.7. The Hall–Kier alpha value is -4.90. The largest absolute Gasteiger partial charge is 0.493 e. The van der Waals surface area contributed by atoms with Gasteiger partial charge in [-0.2, -0.15) is 0 Å². The third-order valence-electron chi connectivity index (χ3n) is 6.95. The highest BCUT2D eigenvalue weighted by Crippen LogP contribution is 2.30. The van der Waals surface area contributed by atoms with Gasteiger partial charge in [-0.15, -0.1) is 0 Å². The molecule has 0 aliphatic carbocycles. The average molecular weight is 640 g/mol. The highest BCUT2D eigenvalue weighted by molar-refractivity contribution is 5.94. The van der Waals surface area contributed by atoms with Gasteiger partial charge in [0.1, 0.15) is 34.1 Å². The summed E-state index contributed by atoms with van der Waals surface area (Å²) in [4.78, 5) is 25.4. The van der Waals surface area contributed by atoms with Gasteiger partial charge in [-0.25, -0.2) is 27.2 Å². The van der Waals surface area contributed by atoms with Crippen molar-refractivity contribution in [3.05, 3.63) is 107 Å². The SMILES string of the molecule is CCCCCOc1ccc(C(=O)Oc2ccc(-c3ccc(OC(=O)c4c(F)c(F)c(C)c(F)c4F)cc3)cc2)c(OCCCN)c1.